The summed E-state index contributed by atoms with van der Waals surface area (Å²) in [4.78, 5) is 13.1. The van der Waals surface area contributed by atoms with Gasteiger partial charge in [0.2, 0.25) is 0 Å². The number of hydrogen-bond donors (Lipinski definition) is 3. The van der Waals surface area contributed by atoms with Crippen LogP contribution in [0, 0.1) is 17.8 Å². The van der Waals surface area contributed by atoms with Crippen molar-refractivity contribution >= 4 is 6.29 Å². The lowest BCUT2D eigenvalue weighted by Crippen LogP contribution is -2.53. The Morgan fingerprint density at radius 2 is 1.88 bits per heavy atom. The van der Waals surface area contributed by atoms with E-state index in [-0.39, 0.29) is 36.9 Å². The van der Waals surface area contributed by atoms with Crippen LogP contribution in [0.1, 0.15) is 66.7 Å². The van der Waals surface area contributed by atoms with Crippen LogP contribution in [0.3, 0.4) is 0 Å². The van der Waals surface area contributed by atoms with Crippen molar-refractivity contribution in [2.75, 3.05) is 27.3 Å². The second-order valence-corrected chi connectivity index (χ2v) is 10.3. The molecule has 1 aliphatic rings. The summed E-state index contributed by atoms with van der Waals surface area (Å²) >= 11 is 0. The second kappa shape index (κ2) is 13.9. The van der Waals surface area contributed by atoms with E-state index < -0.39 is 17.9 Å². The molecule has 1 saturated heterocycles. The van der Waals surface area contributed by atoms with E-state index in [1.165, 1.54) is 14.0 Å². The number of nitrogens with zero attached hydrogens (tertiary/aromatic N) is 1. The largest absolute Gasteiger partial charge is 0.393 e. The van der Waals surface area contributed by atoms with Gasteiger partial charge in [0.15, 0.2) is 6.29 Å². The molecule has 8 nitrogen and oxygen atoms in total. The summed E-state index contributed by atoms with van der Waals surface area (Å²) in [6, 6.07) is 0. The predicted molar refractivity (Wildman–Crippen MR) is 123 cm³/mol. The number of aliphatic hydroxyl groups is 3. The molecule has 0 saturated carbocycles. The maximum Gasteiger partial charge on any atom is 0.158 e. The number of likely N-dealkylation sites (N-methyl/N-ethyl adjacent to an activating group) is 1. The van der Waals surface area contributed by atoms with Crippen molar-refractivity contribution in [3.8, 4) is 0 Å². The maximum atomic E-state index is 11.4. The number of ether oxygens (including phenoxy) is 3. The summed E-state index contributed by atoms with van der Waals surface area (Å²) in [6.07, 6.45) is 2.24. The zero-order valence-corrected chi connectivity index (χ0v) is 21.1. The Labute approximate surface area is 194 Å². The van der Waals surface area contributed by atoms with Gasteiger partial charge >= 0.3 is 0 Å². The minimum atomic E-state index is -1.38. The smallest absolute Gasteiger partial charge is 0.158 e. The van der Waals surface area contributed by atoms with E-state index in [4.69, 9.17) is 14.2 Å². The van der Waals surface area contributed by atoms with E-state index in [0.29, 0.717) is 31.7 Å². The lowest BCUT2D eigenvalue weighted by Gasteiger charge is -2.36. The molecule has 0 bridgehead atoms. The second-order valence-electron chi connectivity index (χ2n) is 10.3. The average molecular weight is 462 g/mol. The van der Waals surface area contributed by atoms with Gasteiger partial charge < -0.3 is 34.3 Å². The number of carbonyl (C=O) groups excluding carboxylic acids is 1. The maximum absolute atomic E-state index is 11.4. The lowest BCUT2D eigenvalue weighted by molar-refractivity contribution is -0.227. The molecule has 0 aromatic carbocycles. The van der Waals surface area contributed by atoms with Gasteiger partial charge in [0, 0.05) is 26.0 Å². The van der Waals surface area contributed by atoms with Crippen molar-refractivity contribution in [1.29, 1.82) is 0 Å². The zero-order valence-electron chi connectivity index (χ0n) is 21.1. The molecule has 190 valence electrons. The first kappa shape index (κ1) is 29.4. The standard InChI is InChI=1S/C24H47NO7/c1-16-10-19(4)31-22(12-16)32-21(18(3)14-26)9-8-20(27)11-17(2)13-25(6)23(28)24(5,29)15-30-7/h14,16-23,27-29H,8-13,15H2,1-7H3/t16?,17-,18?,19?,20?,21+,22+,23?,24-/m1/s1. The molecule has 0 aliphatic carbocycles. The van der Waals surface area contributed by atoms with Gasteiger partial charge in [0.05, 0.1) is 24.9 Å². The topological polar surface area (TPSA) is 109 Å². The number of aliphatic hydroxyl groups excluding tert-OH is 2. The van der Waals surface area contributed by atoms with Crippen molar-refractivity contribution in [3.63, 3.8) is 0 Å². The normalized spacial score (nSPS) is 28.5. The fourth-order valence-corrected chi connectivity index (χ4v) is 4.63. The summed E-state index contributed by atoms with van der Waals surface area (Å²) < 4.78 is 17.0. The number of methoxy groups -OCH3 is 1. The fourth-order valence-electron chi connectivity index (χ4n) is 4.63. The highest BCUT2D eigenvalue weighted by atomic mass is 16.7. The van der Waals surface area contributed by atoms with Gasteiger partial charge in [0.25, 0.3) is 0 Å². The number of hydrogen-bond acceptors (Lipinski definition) is 8. The summed E-state index contributed by atoms with van der Waals surface area (Å²) in [5.74, 6) is 0.327. The molecule has 0 aromatic heterocycles. The van der Waals surface area contributed by atoms with E-state index in [0.717, 1.165) is 19.1 Å². The van der Waals surface area contributed by atoms with E-state index in [2.05, 4.69) is 6.92 Å². The van der Waals surface area contributed by atoms with Gasteiger partial charge in [-0.25, -0.2) is 0 Å². The summed E-state index contributed by atoms with van der Waals surface area (Å²) in [7, 11) is 3.21. The first-order valence-corrected chi connectivity index (χ1v) is 11.9. The Morgan fingerprint density at radius 3 is 2.44 bits per heavy atom. The predicted octanol–water partition coefficient (Wildman–Crippen LogP) is 2.18. The van der Waals surface area contributed by atoms with E-state index in [1.807, 2.05) is 20.8 Å². The Hall–Kier alpha value is -0.610. The lowest BCUT2D eigenvalue weighted by atomic mass is 9.94. The molecule has 3 N–H and O–H groups in total. The molecule has 5 unspecified atom stereocenters. The Bertz CT molecular complexity index is 522. The van der Waals surface area contributed by atoms with Crippen LogP contribution in [0.15, 0.2) is 0 Å². The molecular formula is C24H47NO7. The van der Waals surface area contributed by atoms with Crippen LogP contribution in [0.5, 0.6) is 0 Å². The Kier molecular flexibility index (Phi) is 12.8. The van der Waals surface area contributed by atoms with Crippen LogP contribution in [0.25, 0.3) is 0 Å². The SMILES string of the molecule is COC[C@@](C)(O)C(O)N(C)C[C@H](C)CC(O)CC[C@H](O[C@H]1CC(C)CC(C)O1)C(C)C=O. The third kappa shape index (κ3) is 10.1. The molecule has 0 aromatic rings. The molecule has 0 spiro atoms. The van der Waals surface area contributed by atoms with Gasteiger partial charge in [-0.3, -0.25) is 4.90 Å². The highest BCUT2D eigenvalue weighted by Gasteiger charge is 2.34. The highest BCUT2D eigenvalue weighted by molar-refractivity contribution is 5.53. The van der Waals surface area contributed by atoms with Gasteiger partial charge in [-0.15, -0.1) is 0 Å². The van der Waals surface area contributed by atoms with E-state index in [9.17, 15) is 20.1 Å². The van der Waals surface area contributed by atoms with Crippen molar-refractivity contribution < 1.29 is 34.3 Å². The first-order chi connectivity index (χ1) is 14.9. The zero-order chi connectivity index (χ0) is 24.5. The van der Waals surface area contributed by atoms with Crippen LogP contribution in [-0.2, 0) is 19.0 Å². The van der Waals surface area contributed by atoms with Gasteiger partial charge in [-0.05, 0) is 58.4 Å². The van der Waals surface area contributed by atoms with Crippen LogP contribution in [0.4, 0.5) is 0 Å². The van der Waals surface area contributed by atoms with Crippen LogP contribution < -0.4 is 0 Å². The van der Waals surface area contributed by atoms with Gasteiger partial charge in [0.1, 0.15) is 18.1 Å². The molecule has 9 atom stereocenters. The van der Waals surface area contributed by atoms with Gasteiger partial charge in [-0.1, -0.05) is 20.8 Å². The molecule has 1 fully saturated rings. The molecule has 1 heterocycles. The molecule has 1 aliphatic heterocycles. The Balaban J connectivity index is 2.52. The molecular weight excluding hydrogens is 414 g/mol. The van der Waals surface area contributed by atoms with Crippen molar-refractivity contribution in [2.24, 2.45) is 17.8 Å². The minimum Gasteiger partial charge on any atom is -0.393 e. The summed E-state index contributed by atoms with van der Waals surface area (Å²) in [5, 5.41) is 31.3. The number of aldehydes is 1. The quantitative estimate of drug-likeness (QED) is 0.252. The van der Waals surface area contributed by atoms with E-state index >= 15 is 0 Å². The van der Waals surface area contributed by atoms with Crippen molar-refractivity contribution in [3.05, 3.63) is 0 Å². The third-order valence-electron chi connectivity index (χ3n) is 6.31. The molecule has 0 amide bonds. The minimum absolute atomic E-state index is 0.0219. The van der Waals surface area contributed by atoms with Crippen LogP contribution in [0.2, 0.25) is 0 Å². The average Bonchev–Trinajstić information content (AvgIpc) is 2.68. The molecule has 32 heavy (non-hydrogen) atoms. The van der Waals surface area contributed by atoms with Gasteiger partial charge in [-0.2, -0.15) is 0 Å². The Morgan fingerprint density at radius 1 is 1.22 bits per heavy atom. The first-order valence-electron chi connectivity index (χ1n) is 11.9. The highest BCUT2D eigenvalue weighted by Crippen LogP contribution is 2.28. The van der Waals surface area contributed by atoms with E-state index in [1.54, 1.807) is 11.9 Å². The van der Waals surface area contributed by atoms with Crippen LogP contribution in [-0.4, -0.2) is 90.2 Å². The molecule has 0 radical (unpaired) electrons. The fraction of sp³-hybridized carbons (Fsp3) is 0.958. The monoisotopic (exact) mass is 461 g/mol. The molecule has 8 heteroatoms. The molecule has 1 rings (SSSR count). The van der Waals surface area contributed by atoms with Crippen molar-refractivity contribution in [1.82, 2.24) is 4.90 Å². The van der Waals surface area contributed by atoms with Crippen LogP contribution >= 0.6 is 0 Å². The number of carbonyl (C=O) groups is 1. The summed E-state index contributed by atoms with van der Waals surface area (Å²) in [5.41, 5.74) is -1.38. The number of rotatable bonds is 15. The third-order valence-corrected chi connectivity index (χ3v) is 6.31. The summed E-state index contributed by atoms with van der Waals surface area (Å²) in [6.45, 7) is 10.1. The van der Waals surface area contributed by atoms with Crippen molar-refractivity contribution in [2.45, 2.75) is 103 Å².